The monoisotopic (exact) mass is 340 g/mol. The Kier molecular flexibility index (Phi) is 4.78. The van der Waals surface area contributed by atoms with Crippen LogP contribution < -0.4 is 14.8 Å². The summed E-state index contributed by atoms with van der Waals surface area (Å²) >= 11 is 4.94. The third-order valence-corrected chi connectivity index (χ3v) is 3.87. The lowest BCUT2D eigenvalue weighted by molar-refractivity contribution is 0.377. The molecule has 116 valence electrons. The molecule has 2 aromatic rings. The standard InChI is InChI=1S/C11H12N6O3S2/c1-7-13-9(15-10(14-7)20-2)16-11(21)17-22(18,19)8-5-3-4-6-12-8/h3-6H,1-2H3,(H2,13,14,15,16,17,21). The van der Waals surface area contributed by atoms with Gasteiger partial charge in [0.2, 0.25) is 5.95 Å². The first kappa shape index (κ1) is 16.0. The molecular formula is C11H12N6O3S2. The molecule has 0 aliphatic rings. The van der Waals surface area contributed by atoms with Crippen LogP contribution in [-0.2, 0) is 10.0 Å². The molecule has 2 aromatic heterocycles. The van der Waals surface area contributed by atoms with Gasteiger partial charge in [-0.2, -0.15) is 23.4 Å². The molecule has 0 aromatic carbocycles. The highest BCUT2D eigenvalue weighted by Gasteiger charge is 2.17. The molecule has 0 atom stereocenters. The Morgan fingerprint density at radius 3 is 2.68 bits per heavy atom. The van der Waals surface area contributed by atoms with Gasteiger partial charge in [0.25, 0.3) is 10.0 Å². The molecular weight excluding hydrogens is 328 g/mol. The third kappa shape index (κ3) is 4.05. The lowest BCUT2D eigenvalue weighted by atomic mass is 10.5. The maximum absolute atomic E-state index is 12.0. The molecule has 2 rings (SSSR count). The molecule has 0 fully saturated rings. The van der Waals surface area contributed by atoms with Crippen molar-refractivity contribution in [2.75, 3.05) is 12.4 Å². The molecule has 0 bridgehead atoms. The number of nitrogens with one attached hydrogen (secondary N) is 2. The molecule has 11 heteroatoms. The Morgan fingerprint density at radius 2 is 2.05 bits per heavy atom. The topological polar surface area (TPSA) is 119 Å². The van der Waals surface area contributed by atoms with Crippen molar-refractivity contribution in [2.24, 2.45) is 0 Å². The molecule has 22 heavy (non-hydrogen) atoms. The van der Waals surface area contributed by atoms with Crippen molar-refractivity contribution in [3.63, 3.8) is 0 Å². The highest BCUT2D eigenvalue weighted by molar-refractivity contribution is 7.91. The number of thiocarbonyl (C=S) groups is 1. The Bertz CT molecular complexity index is 782. The van der Waals surface area contributed by atoms with Crippen LogP contribution in [0.3, 0.4) is 0 Å². The van der Waals surface area contributed by atoms with Crippen LogP contribution in [-0.4, -0.2) is 40.6 Å². The van der Waals surface area contributed by atoms with E-state index in [0.29, 0.717) is 5.82 Å². The summed E-state index contributed by atoms with van der Waals surface area (Å²) in [7, 11) is -2.47. The smallest absolute Gasteiger partial charge is 0.321 e. The van der Waals surface area contributed by atoms with E-state index in [1.807, 2.05) is 0 Å². The first-order valence-electron chi connectivity index (χ1n) is 5.92. The van der Waals surface area contributed by atoms with Gasteiger partial charge < -0.3 is 10.1 Å². The van der Waals surface area contributed by atoms with Gasteiger partial charge in [0, 0.05) is 6.20 Å². The van der Waals surface area contributed by atoms with Crippen molar-refractivity contribution in [3.05, 3.63) is 30.2 Å². The predicted octanol–water partition coefficient (Wildman–Crippen LogP) is 0.259. The van der Waals surface area contributed by atoms with Crippen molar-refractivity contribution >= 4 is 33.3 Å². The highest BCUT2D eigenvalue weighted by Crippen LogP contribution is 2.07. The van der Waals surface area contributed by atoms with Crippen LogP contribution in [0.4, 0.5) is 5.95 Å². The summed E-state index contributed by atoms with van der Waals surface area (Å²) in [5.41, 5.74) is 0. The summed E-state index contributed by atoms with van der Waals surface area (Å²) in [5, 5.41) is 2.21. The molecule has 0 saturated carbocycles. The van der Waals surface area contributed by atoms with Gasteiger partial charge in [-0.15, -0.1) is 0 Å². The number of methoxy groups -OCH3 is 1. The van der Waals surface area contributed by atoms with Gasteiger partial charge in [-0.05, 0) is 31.3 Å². The number of pyridine rings is 1. The van der Waals surface area contributed by atoms with Crippen LogP contribution in [0.5, 0.6) is 6.01 Å². The molecule has 0 saturated heterocycles. The van der Waals surface area contributed by atoms with E-state index in [1.54, 1.807) is 19.1 Å². The zero-order valence-corrected chi connectivity index (χ0v) is 13.3. The zero-order chi connectivity index (χ0) is 16.2. The second kappa shape index (κ2) is 6.58. The molecule has 0 amide bonds. The van der Waals surface area contributed by atoms with Crippen molar-refractivity contribution in [1.82, 2.24) is 24.7 Å². The highest BCUT2D eigenvalue weighted by atomic mass is 32.2. The Labute approximate surface area is 132 Å². The third-order valence-electron chi connectivity index (χ3n) is 2.27. The molecule has 9 nitrogen and oxygen atoms in total. The van der Waals surface area contributed by atoms with Crippen molar-refractivity contribution < 1.29 is 13.2 Å². The largest absolute Gasteiger partial charge is 0.467 e. The molecule has 0 aliphatic heterocycles. The number of rotatable bonds is 4. The normalized spacial score (nSPS) is 10.8. The number of aromatic nitrogens is 4. The van der Waals surface area contributed by atoms with Gasteiger partial charge in [-0.1, -0.05) is 6.07 Å². The molecule has 2 heterocycles. The van der Waals surface area contributed by atoms with E-state index in [-0.39, 0.29) is 22.1 Å². The van der Waals surface area contributed by atoms with E-state index in [4.69, 9.17) is 17.0 Å². The summed E-state index contributed by atoms with van der Waals surface area (Å²) in [4.78, 5) is 15.5. The lowest BCUT2D eigenvalue weighted by Gasteiger charge is -2.10. The van der Waals surface area contributed by atoms with Gasteiger partial charge in [0.1, 0.15) is 5.82 Å². The Balaban J connectivity index is 2.12. The van der Waals surface area contributed by atoms with E-state index >= 15 is 0 Å². The number of aryl methyl sites for hydroxylation is 1. The summed E-state index contributed by atoms with van der Waals surface area (Å²) in [6, 6.07) is 4.60. The number of anilines is 1. The number of sulfonamides is 1. The van der Waals surface area contributed by atoms with E-state index in [2.05, 4.69) is 30.0 Å². The predicted molar refractivity (Wildman–Crippen MR) is 81.9 cm³/mol. The number of nitrogens with zero attached hydrogens (tertiary/aromatic N) is 4. The zero-order valence-electron chi connectivity index (χ0n) is 11.6. The summed E-state index contributed by atoms with van der Waals surface area (Å²) in [6.07, 6.45) is 1.37. The van der Waals surface area contributed by atoms with Crippen LogP contribution in [0.2, 0.25) is 0 Å². The molecule has 0 spiro atoms. The summed E-state index contributed by atoms with van der Waals surface area (Å²) in [6.45, 7) is 1.64. The van der Waals surface area contributed by atoms with E-state index in [9.17, 15) is 8.42 Å². The second-order valence-corrected chi connectivity index (χ2v) is 5.96. The Hall–Kier alpha value is -2.40. The van der Waals surface area contributed by atoms with Crippen molar-refractivity contribution in [1.29, 1.82) is 0 Å². The maximum atomic E-state index is 12.0. The average Bonchev–Trinajstić information content (AvgIpc) is 2.46. The molecule has 0 unspecified atom stereocenters. The fourth-order valence-corrected chi connectivity index (χ4v) is 2.69. The van der Waals surface area contributed by atoms with Crippen LogP contribution in [0.15, 0.2) is 29.4 Å². The minimum absolute atomic E-state index is 0.0677. The van der Waals surface area contributed by atoms with Gasteiger partial charge in [-0.3, -0.25) is 4.72 Å². The summed E-state index contributed by atoms with van der Waals surface area (Å²) in [5.74, 6) is 0.461. The first-order chi connectivity index (χ1) is 10.4. The fourth-order valence-electron chi connectivity index (χ4n) is 1.41. The second-order valence-electron chi connectivity index (χ2n) is 3.92. The molecule has 0 aliphatic carbocycles. The first-order valence-corrected chi connectivity index (χ1v) is 7.81. The van der Waals surface area contributed by atoms with Crippen molar-refractivity contribution in [3.8, 4) is 6.01 Å². The number of hydrogen-bond donors (Lipinski definition) is 2. The fraction of sp³-hybridized carbons (Fsp3) is 0.182. The number of hydrogen-bond acceptors (Lipinski definition) is 8. The van der Waals surface area contributed by atoms with E-state index in [1.165, 1.54) is 19.4 Å². The van der Waals surface area contributed by atoms with Crippen LogP contribution >= 0.6 is 12.2 Å². The van der Waals surface area contributed by atoms with Crippen molar-refractivity contribution in [2.45, 2.75) is 11.9 Å². The van der Waals surface area contributed by atoms with Gasteiger partial charge >= 0.3 is 6.01 Å². The number of ether oxygens (including phenoxy) is 1. The van der Waals surface area contributed by atoms with Crippen LogP contribution in [0, 0.1) is 6.92 Å². The molecule has 2 N–H and O–H groups in total. The van der Waals surface area contributed by atoms with Crippen LogP contribution in [0.25, 0.3) is 0 Å². The quantitative estimate of drug-likeness (QED) is 0.755. The average molecular weight is 340 g/mol. The van der Waals surface area contributed by atoms with Gasteiger partial charge in [0.05, 0.1) is 7.11 Å². The minimum atomic E-state index is -3.87. The lowest BCUT2D eigenvalue weighted by Crippen LogP contribution is -2.35. The SMILES string of the molecule is COc1nc(C)nc(NC(=S)NS(=O)(=O)c2ccccn2)n1. The van der Waals surface area contributed by atoms with Crippen LogP contribution in [0.1, 0.15) is 5.82 Å². The van der Waals surface area contributed by atoms with Gasteiger partial charge in [-0.25, -0.2) is 4.98 Å². The maximum Gasteiger partial charge on any atom is 0.321 e. The Morgan fingerprint density at radius 1 is 1.27 bits per heavy atom. The van der Waals surface area contributed by atoms with E-state index < -0.39 is 10.0 Å². The van der Waals surface area contributed by atoms with Gasteiger partial charge in [0.15, 0.2) is 10.1 Å². The summed E-state index contributed by atoms with van der Waals surface area (Å²) < 4.78 is 31.1. The minimum Gasteiger partial charge on any atom is -0.467 e. The molecule has 0 radical (unpaired) electrons. The van der Waals surface area contributed by atoms with E-state index in [0.717, 1.165) is 0 Å².